The van der Waals surface area contributed by atoms with Gasteiger partial charge in [0.25, 0.3) is 11.5 Å². The van der Waals surface area contributed by atoms with E-state index in [9.17, 15) is 19.8 Å². The Morgan fingerprint density at radius 1 is 1.11 bits per heavy atom. The second-order valence-electron chi connectivity index (χ2n) is 6.57. The van der Waals surface area contributed by atoms with E-state index in [-0.39, 0.29) is 34.7 Å². The number of phenols is 2. The molecular weight excluding hydrogens is 346 g/mol. The van der Waals surface area contributed by atoms with Gasteiger partial charge in [0, 0.05) is 11.9 Å². The molecule has 27 heavy (non-hydrogen) atoms. The molecule has 0 aliphatic carbocycles. The van der Waals surface area contributed by atoms with Crippen LogP contribution >= 0.6 is 0 Å². The Kier molecular flexibility index (Phi) is 5.12. The second kappa shape index (κ2) is 7.49. The quantitative estimate of drug-likeness (QED) is 0.601. The minimum absolute atomic E-state index is 0.173. The maximum atomic E-state index is 12.7. The zero-order valence-electron chi connectivity index (χ0n) is 15.1. The van der Waals surface area contributed by atoms with Crippen LogP contribution in [0.4, 0.5) is 0 Å². The molecule has 1 heterocycles. The van der Waals surface area contributed by atoms with Gasteiger partial charge in [0.15, 0.2) is 17.2 Å². The van der Waals surface area contributed by atoms with Crippen LogP contribution in [0.15, 0.2) is 47.3 Å². The summed E-state index contributed by atoms with van der Waals surface area (Å²) in [6.45, 7) is 3.99. The number of aromatic hydroxyl groups is 2. The van der Waals surface area contributed by atoms with E-state index in [1.54, 1.807) is 30.3 Å². The van der Waals surface area contributed by atoms with Crippen molar-refractivity contribution in [3.8, 4) is 11.5 Å². The number of amides is 1. The summed E-state index contributed by atoms with van der Waals surface area (Å²) in [5, 5.41) is 26.9. The predicted octanol–water partition coefficient (Wildman–Crippen LogP) is 2.36. The number of hydrogen-bond acceptors (Lipinski definition) is 5. The number of rotatable bonds is 5. The van der Waals surface area contributed by atoms with Crippen molar-refractivity contribution in [3.05, 3.63) is 64.1 Å². The van der Waals surface area contributed by atoms with Gasteiger partial charge in [-0.3, -0.25) is 9.59 Å². The summed E-state index contributed by atoms with van der Waals surface area (Å²) in [7, 11) is 0. The van der Waals surface area contributed by atoms with E-state index in [0.29, 0.717) is 23.7 Å². The number of fused-ring (bicyclic) bond motifs is 1. The van der Waals surface area contributed by atoms with Crippen molar-refractivity contribution < 1.29 is 15.0 Å². The topological polar surface area (TPSA) is 104 Å². The molecule has 7 nitrogen and oxygen atoms in total. The molecule has 3 rings (SSSR count). The molecule has 0 aliphatic heterocycles. The van der Waals surface area contributed by atoms with Crippen LogP contribution in [-0.2, 0) is 6.42 Å². The molecule has 3 N–H and O–H groups in total. The minimum Gasteiger partial charge on any atom is -0.504 e. The molecule has 2 aromatic carbocycles. The molecule has 140 valence electrons. The van der Waals surface area contributed by atoms with E-state index in [0.717, 1.165) is 5.56 Å². The third-order valence-corrected chi connectivity index (χ3v) is 4.27. The lowest BCUT2D eigenvalue weighted by atomic mass is 10.1. The van der Waals surface area contributed by atoms with Gasteiger partial charge in [-0.25, -0.2) is 4.68 Å². The van der Waals surface area contributed by atoms with E-state index < -0.39 is 0 Å². The number of carbonyl (C=O) groups is 1. The first-order chi connectivity index (χ1) is 12.9. The Hall–Kier alpha value is -3.35. The SMILES string of the molecule is CC(C)n1nc(C(=O)NCCc2ccc(O)c(O)c2)c2ccccc2c1=O. The fraction of sp³-hybridized carbons (Fsp3) is 0.250. The van der Waals surface area contributed by atoms with Gasteiger partial charge in [-0.15, -0.1) is 0 Å². The Bertz CT molecular complexity index is 1060. The summed E-state index contributed by atoms with van der Waals surface area (Å²) in [5.74, 6) is -0.756. The summed E-state index contributed by atoms with van der Waals surface area (Å²) < 4.78 is 1.31. The Morgan fingerprint density at radius 2 is 1.81 bits per heavy atom. The molecule has 0 atom stereocenters. The first-order valence-corrected chi connectivity index (χ1v) is 8.69. The smallest absolute Gasteiger partial charge is 0.274 e. The van der Waals surface area contributed by atoms with Crippen molar-refractivity contribution in [3.63, 3.8) is 0 Å². The van der Waals surface area contributed by atoms with Crippen molar-refractivity contribution in [2.45, 2.75) is 26.3 Å². The van der Waals surface area contributed by atoms with E-state index in [2.05, 4.69) is 10.4 Å². The number of aromatic nitrogens is 2. The van der Waals surface area contributed by atoms with Crippen molar-refractivity contribution in [2.24, 2.45) is 0 Å². The Labute approximate surface area is 155 Å². The average Bonchev–Trinajstić information content (AvgIpc) is 2.64. The highest BCUT2D eigenvalue weighted by Gasteiger charge is 2.17. The monoisotopic (exact) mass is 367 g/mol. The lowest BCUT2D eigenvalue weighted by Crippen LogP contribution is -2.32. The molecule has 0 unspecified atom stereocenters. The van der Waals surface area contributed by atoms with Crippen LogP contribution in [0.25, 0.3) is 10.8 Å². The first kappa shape index (κ1) is 18.4. The molecule has 0 spiro atoms. The number of benzene rings is 2. The van der Waals surface area contributed by atoms with Gasteiger partial charge < -0.3 is 15.5 Å². The molecule has 0 aliphatic rings. The fourth-order valence-electron chi connectivity index (χ4n) is 2.85. The van der Waals surface area contributed by atoms with Crippen LogP contribution in [-0.4, -0.2) is 32.4 Å². The first-order valence-electron chi connectivity index (χ1n) is 8.69. The number of carbonyl (C=O) groups excluding carboxylic acids is 1. The van der Waals surface area contributed by atoms with Crippen LogP contribution in [0.1, 0.15) is 35.9 Å². The zero-order valence-corrected chi connectivity index (χ0v) is 15.1. The average molecular weight is 367 g/mol. The standard InChI is InChI=1S/C20H21N3O4/c1-12(2)23-20(27)15-6-4-3-5-14(15)18(22-23)19(26)21-10-9-13-7-8-16(24)17(25)11-13/h3-8,11-12,24-25H,9-10H2,1-2H3,(H,21,26). The zero-order chi connectivity index (χ0) is 19.6. The molecule has 0 bridgehead atoms. The van der Waals surface area contributed by atoms with Crippen molar-refractivity contribution in [1.29, 1.82) is 0 Å². The minimum atomic E-state index is -0.372. The van der Waals surface area contributed by atoms with Gasteiger partial charge in [0.2, 0.25) is 0 Å². The normalized spacial score (nSPS) is 11.1. The molecule has 1 aromatic heterocycles. The highest BCUT2D eigenvalue weighted by molar-refractivity contribution is 6.04. The van der Waals surface area contributed by atoms with Gasteiger partial charge in [-0.1, -0.05) is 24.3 Å². The van der Waals surface area contributed by atoms with Crippen LogP contribution in [0.2, 0.25) is 0 Å². The summed E-state index contributed by atoms with van der Waals surface area (Å²) >= 11 is 0. The fourth-order valence-corrected chi connectivity index (χ4v) is 2.85. The predicted molar refractivity (Wildman–Crippen MR) is 102 cm³/mol. The van der Waals surface area contributed by atoms with E-state index in [1.165, 1.54) is 16.8 Å². The van der Waals surface area contributed by atoms with Crippen molar-refractivity contribution >= 4 is 16.7 Å². The van der Waals surface area contributed by atoms with Crippen LogP contribution in [0, 0.1) is 0 Å². The third kappa shape index (κ3) is 3.76. The molecule has 0 fully saturated rings. The molecule has 3 aromatic rings. The Morgan fingerprint density at radius 3 is 2.48 bits per heavy atom. The lowest BCUT2D eigenvalue weighted by Gasteiger charge is -2.13. The van der Waals surface area contributed by atoms with Gasteiger partial charge in [0.05, 0.1) is 11.4 Å². The van der Waals surface area contributed by atoms with Gasteiger partial charge in [-0.05, 0) is 44.0 Å². The molecular formula is C20H21N3O4. The van der Waals surface area contributed by atoms with Crippen molar-refractivity contribution in [2.75, 3.05) is 6.54 Å². The largest absolute Gasteiger partial charge is 0.504 e. The molecule has 0 saturated carbocycles. The maximum Gasteiger partial charge on any atom is 0.274 e. The molecule has 1 amide bonds. The number of nitrogens with one attached hydrogen (secondary N) is 1. The van der Waals surface area contributed by atoms with Crippen LogP contribution in [0.5, 0.6) is 11.5 Å². The lowest BCUT2D eigenvalue weighted by molar-refractivity contribution is 0.0948. The van der Waals surface area contributed by atoms with Gasteiger partial charge in [-0.2, -0.15) is 5.10 Å². The third-order valence-electron chi connectivity index (χ3n) is 4.27. The number of hydrogen-bond donors (Lipinski definition) is 3. The summed E-state index contributed by atoms with van der Waals surface area (Å²) in [6.07, 6.45) is 0.474. The van der Waals surface area contributed by atoms with Gasteiger partial charge >= 0.3 is 0 Å². The summed E-state index contributed by atoms with van der Waals surface area (Å²) in [4.78, 5) is 25.2. The second-order valence-corrected chi connectivity index (χ2v) is 6.57. The summed E-state index contributed by atoms with van der Waals surface area (Å²) in [5.41, 5.74) is 0.750. The molecule has 0 saturated heterocycles. The number of phenolic OH excluding ortho intramolecular Hbond substituents is 2. The highest BCUT2D eigenvalue weighted by Crippen LogP contribution is 2.24. The van der Waals surface area contributed by atoms with E-state index in [1.807, 2.05) is 13.8 Å². The molecule has 0 radical (unpaired) electrons. The van der Waals surface area contributed by atoms with Gasteiger partial charge in [0.1, 0.15) is 0 Å². The maximum absolute atomic E-state index is 12.7. The van der Waals surface area contributed by atoms with Crippen LogP contribution < -0.4 is 10.9 Å². The summed E-state index contributed by atoms with van der Waals surface area (Å²) in [6, 6.07) is 11.3. The van der Waals surface area contributed by atoms with E-state index in [4.69, 9.17) is 0 Å². The van der Waals surface area contributed by atoms with E-state index >= 15 is 0 Å². The highest BCUT2D eigenvalue weighted by atomic mass is 16.3. The molecule has 7 heteroatoms. The number of nitrogens with zero attached hydrogens (tertiary/aromatic N) is 2. The van der Waals surface area contributed by atoms with Crippen molar-refractivity contribution in [1.82, 2.24) is 15.1 Å². The van der Waals surface area contributed by atoms with Crippen LogP contribution in [0.3, 0.4) is 0 Å². The Balaban J connectivity index is 1.84.